The summed E-state index contributed by atoms with van der Waals surface area (Å²) in [6, 6.07) is 0. The van der Waals surface area contributed by atoms with Crippen molar-refractivity contribution in [2.75, 3.05) is 11.9 Å². The van der Waals surface area contributed by atoms with Gasteiger partial charge in [-0.3, -0.25) is 0 Å². The highest BCUT2D eigenvalue weighted by Crippen LogP contribution is 2.21. The second kappa shape index (κ2) is 2.46. The van der Waals surface area contributed by atoms with Crippen LogP contribution in [0.25, 0.3) is 0 Å². The average molecular weight is 230 g/mol. The zero-order valence-corrected chi connectivity index (χ0v) is 6.91. The van der Waals surface area contributed by atoms with E-state index in [9.17, 15) is 0 Å². The highest BCUT2D eigenvalue weighted by Gasteiger charge is 2.29. The van der Waals surface area contributed by atoms with Crippen LogP contribution in [0.4, 0.5) is 0 Å². The third-order valence-electron chi connectivity index (χ3n) is 0.910. The van der Waals surface area contributed by atoms with E-state index in [1.807, 2.05) is 0 Å². The number of alkyl halides is 2. The second-order valence-corrected chi connectivity index (χ2v) is 3.37. The molecule has 0 aromatic heterocycles. The van der Waals surface area contributed by atoms with E-state index in [0.717, 1.165) is 11.9 Å². The van der Waals surface area contributed by atoms with Gasteiger partial charge in [-0.25, -0.2) is 0 Å². The minimum Gasteiger partial charge on any atom is -0.372 e. The SMILES string of the molecule is BrC[C@H](Br)[C@H]1CO1. The molecule has 0 saturated carbocycles. The van der Waals surface area contributed by atoms with Gasteiger partial charge in [0.2, 0.25) is 0 Å². The molecule has 1 aliphatic rings. The molecule has 0 aliphatic carbocycles. The lowest BCUT2D eigenvalue weighted by atomic mass is 10.4. The molecule has 7 heavy (non-hydrogen) atoms. The Morgan fingerprint density at radius 2 is 2.43 bits per heavy atom. The van der Waals surface area contributed by atoms with Crippen LogP contribution in [0, 0.1) is 0 Å². The molecular formula is C4H6Br2O. The maximum atomic E-state index is 4.98. The fraction of sp³-hybridized carbons (Fsp3) is 1.00. The van der Waals surface area contributed by atoms with E-state index < -0.39 is 0 Å². The van der Waals surface area contributed by atoms with E-state index in [-0.39, 0.29) is 0 Å². The van der Waals surface area contributed by atoms with Crippen molar-refractivity contribution in [1.82, 2.24) is 0 Å². The summed E-state index contributed by atoms with van der Waals surface area (Å²) < 4.78 is 4.98. The number of halogens is 2. The van der Waals surface area contributed by atoms with Gasteiger partial charge in [-0.2, -0.15) is 0 Å². The summed E-state index contributed by atoms with van der Waals surface area (Å²) in [5.74, 6) is 0. The van der Waals surface area contributed by atoms with Gasteiger partial charge in [0, 0.05) is 5.33 Å². The lowest BCUT2D eigenvalue weighted by Crippen LogP contribution is -2.06. The van der Waals surface area contributed by atoms with Crippen LogP contribution in [0.1, 0.15) is 0 Å². The lowest BCUT2D eigenvalue weighted by Gasteiger charge is -1.95. The average Bonchev–Trinajstić information content (AvgIpc) is 2.44. The van der Waals surface area contributed by atoms with Crippen LogP contribution in [0.5, 0.6) is 0 Å². The van der Waals surface area contributed by atoms with Crippen LogP contribution in [0.15, 0.2) is 0 Å². The highest BCUT2D eigenvalue weighted by atomic mass is 79.9. The maximum Gasteiger partial charge on any atom is 0.0942 e. The molecule has 3 heteroatoms. The molecule has 42 valence electrons. The Kier molecular flexibility index (Phi) is 2.13. The third-order valence-corrected chi connectivity index (χ3v) is 3.39. The molecule has 1 fully saturated rings. The second-order valence-electron chi connectivity index (χ2n) is 1.54. The molecular weight excluding hydrogens is 224 g/mol. The number of epoxide rings is 1. The van der Waals surface area contributed by atoms with E-state index in [2.05, 4.69) is 31.9 Å². The maximum absolute atomic E-state index is 4.98. The Morgan fingerprint density at radius 3 is 2.57 bits per heavy atom. The molecule has 0 N–H and O–H groups in total. The summed E-state index contributed by atoms with van der Waals surface area (Å²) in [7, 11) is 0. The predicted octanol–water partition coefficient (Wildman–Crippen LogP) is 1.54. The molecule has 0 unspecified atom stereocenters. The van der Waals surface area contributed by atoms with Gasteiger partial charge in [0.05, 0.1) is 17.5 Å². The first-order valence-electron chi connectivity index (χ1n) is 2.16. The monoisotopic (exact) mass is 228 g/mol. The summed E-state index contributed by atoms with van der Waals surface area (Å²) in [5.41, 5.74) is 0. The van der Waals surface area contributed by atoms with Crippen LogP contribution in [0.2, 0.25) is 0 Å². The molecule has 1 saturated heterocycles. The third kappa shape index (κ3) is 1.70. The first-order valence-corrected chi connectivity index (χ1v) is 4.20. The van der Waals surface area contributed by atoms with Crippen molar-refractivity contribution in [3.63, 3.8) is 0 Å². The molecule has 1 heterocycles. The largest absolute Gasteiger partial charge is 0.372 e. The fourth-order valence-corrected chi connectivity index (χ4v) is 1.09. The van der Waals surface area contributed by atoms with E-state index in [4.69, 9.17) is 4.74 Å². The van der Waals surface area contributed by atoms with Crippen molar-refractivity contribution >= 4 is 31.9 Å². The minimum absolute atomic E-state index is 0.486. The van der Waals surface area contributed by atoms with Gasteiger partial charge in [-0.1, -0.05) is 31.9 Å². The van der Waals surface area contributed by atoms with Crippen molar-refractivity contribution in [1.29, 1.82) is 0 Å². The summed E-state index contributed by atoms with van der Waals surface area (Å²) in [4.78, 5) is 0.521. The standard InChI is InChI=1S/C4H6Br2O/c5-1-3(6)4-2-7-4/h3-4H,1-2H2/t3-,4+/m0/s1. The van der Waals surface area contributed by atoms with Crippen LogP contribution < -0.4 is 0 Å². The Labute approximate surface area is 59.7 Å². The molecule has 0 bridgehead atoms. The molecule has 1 nitrogen and oxygen atoms in total. The number of hydrogen-bond donors (Lipinski definition) is 0. The Balaban J connectivity index is 2.10. The summed E-state index contributed by atoms with van der Waals surface area (Å²) in [5, 5.41) is 0.984. The first-order chi connectivity index (χ1) is 3.34. The summed E-state index contributed by atoms with van der Waals surface area (Å²) >= 11 is 6.76. The molecule has 0 aromatic carbocycles. The van der Waals surface area contributed by atoms with Crippen molar-refractivity contribution in [3.8, 4) is 0 Å². The van der Waals surface area contributed by atoms with Gasteiger partial charge in [0.1, 0.15) is 0 Å². The molecule has 2 atom stereocenters. The number of rotatable bonds is 2. The smallest absolute Gasteiger partial charge is 0.0942 e. The van der Waals surface area contributed by atoms with Gasteiger partial charge in [-0.05, 0) is 0 Å². The van der Waals surface area contributed by atoms with Crippen LogP contribution in [0.3, 0.4) is 0 Å². The van der Waals surface area contributed by atoms with Crippen molar-refractivity contribution < 1.29 is 4.74 Å². The summed E-state index contributed by atoms with van der Waals surface area (Å²) in [6.45, 7) is 0.932. The Hall–Kier alpha value is 0.920. The predicted molar refractivity (Wildman–Crippen MR) is 36.2 cm³/mol. The zero-order chi connectivity index (χ0) is 5.28. The van der Waals surface area contributed by atoms with E-state index in [1.54, 1.807) is 0 Å². The van der Waals surface area contributed by atoms with E-state index >= 15 is 0 Å². The Morgan fingerprint density at radius 1 is 1.86 bits per heavy atom. The fourth-order valence-electron chi connectivity index (χ4n) is 0.364. The normalized spacial score (nSPS) is 32.6. The zero-order valence-electron chi connectivity index (χ0n) is 3.73. The van der Waals surface area contributed by atoms with Crippen molar-refractivity contribution in [2.24, 2.45) is 0 Å². The van der Waals surface area contributed by atoms with Gasteiger partial charge < -0.3 is 4.74 Å². The van der Waals surface area contributed by atoms with Crippen molar-refractivity contribution in [2.45, 2.75) is 10.9 Å². The van der Waals surface area contributed by atoms with Gasteiger partial charge in [-0.15, -0.1) is 0 Å². The molecule has 0 radical (unpaired) electrons. The van der Waals surface area contributed by atoms with E-state index in [1.165, 1.54) is 0 Å². The highest BCUT2D eigenvalue weighted by molar-refractivity contribution is 9.12. The van der Waals surface area contributed by atoms with Gasteiger partial charge in [0.25, 0.3) is 0 Å². The van der Waals surface area contributed by atoms with Gasteiger partial charge in [0.15, 0.2) is 0 Å². The molecule has 0 aromatic rings. The van der Waals surface area contributed by atoms with Crippen LogP contribution in [-0.4, -0.2) is 22.9 Å². The quantitative estimate of drug-likeness (QED) is 0.517. The van der Waals surface area contributed by atoms with Crippen LogP contribution in [-0.2, 0) is 4.74 Å². The Bertz CT molecular complexity index is 62.7. The topological polar surface area (TPSA) is 12.5 Å². The molecule has 1 rings (SSSR count). The molecule has 1 aliphatic heterocycles. The van der Waals surface area contributed by atoms with Crippen LogP contribution >= 0.6 is 31.9 Å². The minimum atomic E-state index is 0.486. The molecule has 0 spiro atoms. The lowest BCUT2D eigenvalue weighted by molar-refractivity contribution is 0.410. The summed E-state index contributed by atoms with van der Waals surface area (Å²) in [6.07, 6.45) is 0.486. The molecule has 0 amide bonds. The van der Waals surface area contributed by atoms with Gasteiger partial charge >= 0.3 is 0 Å². The number of hydrogen-bond acceptors (Lipinski definition) is 1. The van der Waals surface area contributed by atoms with E-state index in [0.29, 0.717) is 10.9 Å². The van der Waals surface area contributed by atoms with Crippen molar-refractivity contribution in [3.05, 3.63) is 0 Å². The first kappa shape index (κ1) is 6.05. The number of ether oxygens (including phenoxy) is 1.